The van der Waals surface area contributed by atoms with Crippen molar-refractivity contribution in [1.82, 2.24) is 5.32 Å². The van der Waals surface area contributed by atoms with Crippen LogP contribution in [0.2, 0.25) is 5.02 Å². The highest BCUT2D eigenvalue weighted by Crippen LogP contribution is 2.19. The van der Waals surface area contributed by atoms with Gasteiger partial charge < -0.3 is 10.4 Å². The Morgan fingerprint density at radius 3 is 2.60 bits per heavy atom. The molecule has 0 saturated carbocycles. The summed E-state index contributed by atoms with van der Waals surface area (Å²) in [5.41, 5.74) is 0.0694. The SMILES string of the molecule is CC[C@H](C)[C@H](NC(=O)Cc1c(F)cccc1Cl)C(=O)O. The summed E-state index contributed by atoms with van der Waals surface area (Å²) in [6.07, 6.45) is 0.323. The van der Waals surface area contributed by atoms with E-state index in [2.05, 4.69) is 5.32 Å². The lowest BCUT2D eigenvalue weighted by Crippen LogP contribution is -2.45. The number of hydrogen-bond acceptors (Lipinski definition) is 2. The van der Waals surface area contributed by atoms with Crippen LogP contribution in [-0.4, -0.2) is 23.0 Å². The van der Waals surface area contributed by atoms with Crippen LogP contribution in [0.15, 0.2) is 18.2 Å². The van der Waals surface area contributed by atoms with Crippen molar-refractivity contribution >= 4 is 23.5 Å². The van der Waals surface area contributed by atoms with E-state index in [-0.39, 0.29) is 22.9 Å². The van der Waals surface area contributed by atoms with Gasteiger partial charge in [-0.1, -0.05) is 37.9 Å². The van der Waals surface area contributed by atoms with E-state index in [1.54, 1.807) is 6.92 Å². The Kier molecular flexibility index (Phi) is 5.95. The third-order valence-electron chi connectivity index (χ3n) is 3.19. The summed E-state index contributed by atoms with van der Waals surface area (Å²) in [7, 11) is 0. The van der Waals surface area contributed by atoms with Crippen LogP contribution in [0.5, 0.6) is 0 Å². The van der Waals surface area contributed by atoms with Gasteiger partial charge in [-0.05, 0) is 18.1 Å². The molecule has 0 radical (unpaired) electrons. The van der Waals surface area contributed by atoms with Gasteiger partial charge in [0.05, 0.1) is 6.42 Å². The predicted octanol–water partition coefficient (Wildman–Crippen LogP) is 2.64. The van der Waals surface area contributed by atoms with Gasteiger partial charge in [0.2, 0.25) is 5.91 Å². The first kappa shape index (κ1) is 16.4. The molecule has 0 aliphatic rings. The zero-order valence-electron chi connectivity index (χ0n) is 11.3. The standard InChI is InChI=1S/C14H17ClFNO3/c1-3-8(2)13(14(19)20)17-12(18)7-9-10(15)5-4-6-11(9)16/h4-6,8,13H,3,7H2,1-2H3,(H,17,18)(H,19,20)/t8-,13-/m0/s1. The smallest absolute Gasteiger partial charge is 0.326 e. The summed E-state index contributed by atoms with van der Waals surface area (Å²) in [6, 6.07) is 3.14. The largest absolute Gasteiger partial charge is 0.480 e. The Morgan fingerprint density at radius 1 is 1.45 bits per heavy atom. The summed E-state index contributed by atoms with van der Waals surface area (Å²) in [5, 5.41) is 11.6. The molecule has 20 heavy (non-hydrogen) atoms. The number of aliphatic carboxylic acids is 1. The lowest BCUT2D eigenvalue weighted by molar-refractivity contribution is -0.143. The molecule has 0 unspecified atom stereocenters. The van der Waals surface area contributed by atoms with Crippen LogP contribution in [0.3, 0.4) is 0 Å². The second-order valence-electron chi connectivity index (χ2n) is 4.65. The van der Waals surface area contributed by atoms with E-state index in [1.807, 2.05) is 6.92 Å². The first-order valence-electron chi connectivity index (χ1n) is 6.31. The van der Waals surface area contributed by atoms with Crippen LogP contribution in [-0.2, 0) is 16.0 Å². The van der Waals surface area contributed by atoms with Crippen molar-refractivity contribution in [3.05, 3.63) is 34.6 Å². The molecule has 0 aromatic heterocycles. The molecule has 1 aromatic carbocycles. The average molecular weight is 302 g/mol. The minimum absolute atomic E-state index is 0.0694. The minimum atomic E-state index is -1.10. The van der Waals surface area contributed by atoms with E-state index in [0.717, 1.165) is 0 Å². The second-order valence-corrected chi connectivity index (χ2v) is 5.05. The summed E-state index contributed by atoms with van der Waals surface area (Å²) < 4.78 is 13.6. The van der Waals surface area contributed by atoms with Crippen LogP contribution in [0.1, 0.15) is 25.8 Å². The maximum Gasteiger partial charge on any atom is 0.326 e. The van der Waals surface area contributed by atoms with Crippen molar-refractivity contribution in [3.8, 4) is 0 Å². The number of rotatable bonds is 6. The monoisotopic (exact) mass is 301 g/mol. The van der Waals surface area contributed by atoms with Gasteiger partial charge in [-0.2, -0.15) is 0 Å². The van der Waals surface area contributed by atoms with E-state index >= 15 is 0 Å². The molecule has 0 heterocycles. The molecule has 1 aromatic rings. The Balaban J connectivity index is 2.79. The van der Waals surface area contributed by atoms with Gasteiger partial charge in [-0.25, -0.2) is 9.18 Å². The minimum Gasteiger partial charge on any atom is -0.480 e. The lowest BCUT2D eigenvalue weighted by atomic mass is 9.99. The molecule has 1 amide bonds. The van der Waals surface area contributed by atoms with Gasteiger partial charge in [0.15, 0.2) is 0 Å². The number of nitrogens with one attached hydrogen (secondary N) is 1. The summed E-state index contributed by atoms with van der Waals surface area (Å²) in [6.45, 7) is 3.57. The number of halogens is 2. The van der Waals surface area contributed by atoms with Gasteiger partial charge >= 0.3 is 5.97 Å². The van der Waals surface area contributed by atoms with Gasteiger partial charge in [0.25, 0.3) is 0 Å². The van der Waals surface area contributed by atoms with Gasteiger partial charge in [-0.3, -0.25) is 4.79 Å². The third-order valence-corrected chi connectivity index (χ3v) is 3.55. The third kappa shape index (κ3) is 4.20. The van der Waals surface area contributed by atoms with Crippen LogP contribution >= 0.6 is 11.6 Å². The normalized spacial score (nSPS) is 13.6. The van der Waals surface area contributed by atoms with Crippen molar-refractivity contribution in [2.45, 2.75) is 32.7 Å². The molecule has 1 rings (SSSR count). The summed E-state index contributed by atoms with van der Waals surface area (Å²) >= 11 is 5.83. The number of benzene rings is 1. The second kappa shape index (κ2) is 7.24. The van der Waals surface area contributed by atoms with E-state index in [0.29, 0.717) is 6.42 Å². The molecule has 2 atom stereocenters. The highest BCUT2D eigenvalue weighted by atomic mass is 35.5. The number of carboxylic acid groups (broad SMARTS) is 1. The fourth-order valence-corrected chi connectivity index (χ4v) is 2.00. The number of carbonyl (C=O) groups is 2. The van der Waals surface area contributed by atoms with Crippen LogP contribution in [0.25, 0.3) is 0 Å². The van der Waals surface area contributed by atoms with E-state index in [9.17, 15) is 14.0 Å². The maximum atomic E-state index is 13.6. The summed E-state index contributed by atoms with van der Waals surface area (Å²) in [4.78, 5) is 23.0. The molecule has 0 fully saturated rings. The Labute approximate surface area is 121 Å². The molecule has 0 saturated heterocycles. The molecular formula is C14H17ClFNO3. The molecule has 0 spiro atoms. The lowest BCUT2D eigenvalue weighted by Gasteiger charge is -2.20. The zero-order valence-corrected chi connectivity index (χ0v) is 12.1. The first-order valence-corrected chi connectivity index (χ1v) is 6.69. The van der Waals surface area contributed by atoms with Crippen molar-refractivity contribution in [2.24, 2.45) is 5.92 Å². The maximum absolute atomic E-state index is 13.6. The molecule has 110 valence electrons. The molecule has 4 nitrogen and oxygen atoms in total. The van der Waals surface area contributed by atoms with Crippen molar-refractivity contribution in [1.29, 1.82) is 0 Å². The van der Waals surface area contributed by atoms with E-state index in [1.165, 1.54) is 18.2 Å². The Morgan fingerprint density at radius 2 is 2.10 bits per heavy atom. The van der Waals surface area contributed by atoms with Crippen molar-refractivity contribution in [3.63, 3.8) is 0 Å². The van der Waals surface area contributed by atoms with Gasteiger partial charge in [0, 0.05) is 10.6 Å². The molecule has 0 aliphatic carbocycles. The van der Waals surface area contributed by atoms with Crippen molar-refractivity contribution < 1.29 is 19.1 Å². The van der Waals surface area contributed by atoms with Crippen LogP contribution < -0.4 is 5.32 Å². The Bertz CT molecular complexity index is 487. The molecular weight excluding hydrogens is 285 g/mol. The van der Waals surface area contributed by atoms with Crippen LogP contribution in [0, 0.1) is 11.7 Å². The molecule has 2 N–H and O–H groups in total. The van der Waals surface area contributed by atoms with Crippen LogP contribution in [0.4, 0.5) is 4.39 Å². The molecule has 0 aliphatic heterocycles. The van der Waals surface area contributed by atoms with E-state index < -0.39 is 23.7 Å². The van der Waals surface area contributed by atoms with E-state index in [4.69, 9.17) is 16.7 Å². The predicted molar refractivity (Wildman–Crippen MR) is 74.1 cm³/mol. The molecule has 6 heteroatoms. The number of carboxylic acids is 1. The topological polar surface area (TPSA) is 66.4 Å². The number of amides is 1. The fourth-order valence-electron chi connectivity index (χ4n) is 1.77. The molecule has 0 bridgehead atoms. The summed E-state index contributed by atoms with van der Waals surface area (Å²) in [5.74, 6) is -2.47. The number of carbonyl (C=O) groups excluding carboxylic acids is 1. The zero-order chi connectivity index (χ0) is 15.3. The quantitative estimate of drug-likeness (QED) is 0.849. The first-order chi connectivity index (χ1) is 9.36. The van der Waals surface area contributed by atoms with Gasteiger partial charge in [-0.15, -0.1) is 0 Å². The van der Waals surface area contributed by atoms with Crippen molar-refractivity contribution in [2.75, 3.05) is 0 Å². The Hall–Kier alpha value is -1.62. The fraction of sp³-hybridized carbons (Fsp3) is 0.429. The van der Waals surface area contributed by atoms with Gasteiger partial charge in [0.1, 0.15) is 11.9 Å². The average Bonchev–Trinajstić information content (AvgIpc) is 2.39. The highest BCUT2D eigenvalue weighted by Gasteiger charge is 2.25. The highest BCUT2D eigenvalue weighted by molar-refractivity contribution is 6.31. The number of hydrogen-bond donors (Lipinski definition) is 2.